The van der Waals surface area contributed by atoms with E-state index in [1.165, 1.54) is 0 Å². The number of carbonyl (C=O) groups excluding carboxylic acids is 1. The zero-order valence-electron chi connectivity index (χ0n) is 12.4. The number of halogens is 1. The Morgan fingerprint density at radius 2 is 1.55 bits per heavy atom. The summed E-state index contributed by atoms with van der Waals surface area (Å²) in [6.07, 6.45) is 2.26. The third-order valence-electron chi connectivity index (χ3n) is 3.13. The van der Waals surface area contributed by atoms with Gasteiger partial charge >= 0.3 is 137 Å². The molecular formula is C17H18ClO3Ti. The van der Waals surface area contributed by atoms with E-state index in [4.69, 9.17) is 8.06 Å². The van der Waals surface area contributed by atoms with E-state index in [-0.39, 0.29) is 18.4 Å². The first-order valence-corrected chi connectivity index (χ1v) is 7.62. The average molecular weight is 354 g/mol. The number of ether oxygens (including phenoxy) is 1. The fraction of sp³-hybridized carbons (Fsp3) is 0.235. The van der Waals surface area contributed by atoms with Crippen LogP contribution >= 0.6 is 12.4 Å². The van der Waals surface area contributed by atoms with Crippen LogP contribution in [-0.2, 0) is 25.6 Å². The molecular weight excluding hydrogens is 336 g/mol. The summed E-state index contributed by atoms with van der Waals surface area (Å²) in [4.78, 5) is 11.9. The summed E-state index contributed by atoms with van der Waals surface area (Å²) in [5.41, 5.74) is 1.78. The van der Waals surface area contributed by atoms with Crippen LogP contribution in [0, 0.1) is 0 Å². The Bertz CT molecular complexity index is 616. The second kappa shape index (κ2) is 9.67. The molecule has 0 aliphatic heterocycles. The minimum atomic E-state index is -0.195. The minimum absolute atomic E-state index is 0. The van der Waals surface area contributed by atoms with Crippen molar-refractivity contribution in [1.29, 1.82) is 0 Å². The van der Waals surface area contributed by atoms with Crippen LogP contribution in [0.2, 0.25) is 0 Å². The second-order valence-corrected chi connectivity index (χ2v) is 4.99. The summed E-state index contributed by atoms with van der Waals surface area (Å²) >= 11 is 1.63. The number of rotatable bonds is 6. The van der Waals surface area contributed by atoms with Gasteiger partial charge in [-0.25, -0.2) is 0 Å². The van der Waals surface area contributed by atoms with Gasteiger partial charge in [0, 0.05) is 0 Å². The molecule has 2 aromatic rings. The van der Waals surface area contributed by atoms with Crippen LogP contribution in [0.4, 0.5) is 0 Å². The molecule has 22 heavy (non-hydrogen) atoms. The average Bonchev–Trinajstić information content (AvgIpc) is 2.53. The fourth-order valence-corrected chi connectivity index (χ4v) is 2.33. The fourth-order valence-electron chi connectivity index (χ4n) is 2.05. The van der Waals surface area contributed by atoms with Gasteiger partial charge in [-0.3, -0.25) is 0 Å². The van der Waals surface area contributed by atoms with Crippen molar-refractivity contribution < 1.29 is 33.7 Å². The molecule has 2 aromatic carbocycles. The van der Waals surface area contributed by atoms with Crippen molar-refractivity contribution in [1.82, 2.24) is 0 Å². The first-order chi connectivity index (χ1) is 10.3. The van der Waals surface area contributed by atoms with Gasteiger partial charge in [-0.15, -0.1) is 12.4 Å². The molecule has 0 atom stereocenters. The van der Waals surface area contributed by atoms with Crippen LogP contribution in [-0.4, -0.2) is 5.97 Å². The number of benzene rings is 2. The monoisotopic (exact) mass is 353 g/mol. The van der Waals surface area contributed by atoms with Crippen LogP contribution < -0.4 is 8.06 Å². The van der Waals surface area contributed by atoms with Crippen molar-refractivity contribution in [3.63, 3.8) is 0 Å². The molecule has 0 aromatic heterocycles. The first-order valence-electron chi connectivity index (χ1n) is 6.99. The predicted octanol–water partition coefficient (Wildman–Crippen LogP) is 4.71. The first kappa shape index (κ1) is 18.8. The number of para-hydroxylation sites is 2. The van der Waals surface area contributed by atoms with E-state index >= 15 is 0 Å². The second-order valence-electron chi connectivity index (χ2n) is 4.67. The molecule has 0 bridgehead atoms. The van der Waals surface area contributed by atoms with Gasteiger partial charge in [0.05, 0.1) is 0 Å². The summed E-state index contributed by atoms with van der Waals surface area (Å²) in [5, 5.41) is 0. The number of esters is 1. The van der Waals surface area contributed by atoms with Crippen molar-refractivity contribution in [3.8, 4) is 22.6 Å². The normalized spacial score (nSPS) is 9.64. The Morgan fingerprint density at radius 1 is 1.00 bits per heavy atom. The molecule has 0 saturated carbocycles. The third kappa shape index (κ3) is 4.87. The maximum Gasteiger partial charge on any atom is -0.147 e. The maximum absolute atomic E-state index is 11.9. The largest absolute Gasteiger partial charge is 0.147 e. The zero-order chi connectivity index (χ0) is 15.1. The topological polar surface area (TPSA) is 35.5 Å². The van der Waals surface area contributed by atoms with Gasteiger partial charge < -0.3 is 0 Å². The molecule has 0 heterocycles. The Labute approximate surface area is 149 Å². The molecule has 0 amide bonds. The third-order valence-corrected chi connectivity index (χ3v) is 3.48. The Kier molecular flexibility index (Phi) is 8.25. The molecule has 0 N–H and O–H groups in total. The van der Waals surface area contributed by atoms with Crippen molar-refractivity contribution in [2.75, 3.05) is 0 Å². The van der Waals surface area contributed by atoms with Crippen LogP contribution in [0.1, 0.15) is 26.2 Å². The maximum atomic E-state index is 11.9. The van der Waals surface area contributed by atoms with E-state index in [9.17, 15) is 4.79 Å². The molecule has 2 rings (SSSR count). The van der Waals surface area contributed by atoms with Crippen LogP contribution in [0.15, 0.2) is 48.5 Å². The molecule has 3 nitrogen and oxygen atoms in total. The van der Waals surface area contributed by atoms with E-state index in [1.54, 1.807) is 20.8 Å². The van der Waals surface area contributed by atoms with E-state index in [0.29, 0.717) is 12.2 Å². The number of carbonyl (C=O) groups is 1. The number of hydrogen-bond donors (Lipinski definition) is 0. The van der Waals surface area contributed by atoms with Crippen molar-refractivity contribution in [3.05, 3.63) is 48.5 Å². The molecule has 5 heteroatoms. The van der Waals surface area contributed by atoms with Gasteiger partial charge in [0.25, 0.3) is 0 Å². The molecule has 0 fully saturated rings. The van der Waals surface area contributed by atoms with Gasteiger partial charge in [0.15, 0.2) is 0 Å². The summed E-state index contributed by atoms with van der Waals surface area (Å²) < 4.78 is 10.9. The van der Waals surface area contributed by atoms with E-state index in [2.05, 4.69) is 6.92 Å². The molecule has 0 unspecified atom stereocenters. The number of unbranched alkanes of at least 4 members (excludes halogenated alkanes) is 1. The predicted molar refractivity (Wildman–Crippen MR) is 84.9 cm³/mol. The minimum Gasteiger partial charge on any atom is -0.147 e. The summed E-state index contributed by atoms with van der Waals surface area (Å²) in [7, 11) is 0. The molecule has 0 aliphatic carbocycles. The van der Waals surface area contributed by atoms with Gasteiger partial charge in [-0.05, 0) is 0 Å². The summed E-state index contributed by atoms with van der Waals surface area (Å²) in [6.45, 7) is 2.05. The Hall–Kier alpha value is -1.29. The van der Waals surface area contributed by atoms with E-state index in [0.717, 1.165) is 29.7 Å². The molecule has 0 saturated heterocycles. The Morgan fingerprint density at radius 3 is 2.14 bits per heavy atom. The van der Waals surface area contributed by atoms with Crippen molar-refractivity contribution in [2.45, 2.75) is 26.2 Å². The zero-order valence-corrected chi connectivity index (χ0v) is 14.8. The smallest absolute Gasteiger partial charge is 0.147 e. The summed E-state index contributed by atoms with van der Waals surface area (Å²) in [5.74, 6) is 1.14. The summed E-state index contributed by atoms with van der Waals surface area (Å²) in [6, 6.07) is 15.2. The van der Waals surface area contributed by atoms with E-state index < -0.39 is 0 Å². The van der Waals surface area contributed by atoms with Gasteiger partial charge in [-0.2, -0.15) is 0 Å². The van der Waals surface area contributed by atoms with E-state index in [1.807, 2.05) is 48.5 Å². The SMILES string of the molecule is CCCCC(=O)Oc1ccccc1-c1ccccc1[O][Ti].Cl. The van der Waals surface area contributed by atoms with Gasteiger partial charge in [-0.1, -0.05) is 0 Å². The van der Waals surface area contributed by atoms with Crippen molar-refractivity contribution in [2.24, 2.45) is 0 Å². The standard InChI is InChI=1S/C17H18O3.ClH.Ti/c1-2-3-12-17(19)20-16-11-7-5-9-14(16)13-8-4-6-10-15(13)18;;/h4-11,18H,2-3,12H2,1H3;1H;/q;;+1/p-1. The van der Waals surface area contributed by atoms with Crippen LogP contribution in [0.5, 0.6) is 11.5 Å². The van der Waals surface area contributed by atoms with Crippen molar-refractivity contribution >= 4 is 18.4 Å². The number of hydrogen-bond acceptors (Lipinski definition) is 3. The molecule has 115 valence electrons. The van der Waals surface area contributed by atoms with Gasteiger partial charge in [0.2, 0.25) is 0 Å². The molecule has 0 spiro atoms. The Balaban J connectivity index is 0.00000242. The molecule has 0 radical (unpaired) electrons. The molecule has 0 aliphatic rings. The van der Waals surface area contributed by atoms with Crippen LogP contribution in [0.3, 0.4) is 0 Å². The quantitative estimate of drug-likeness (QED) is 0.428. The van der Waals surface area contributed by atoms with Gasteiger partial charge in [0.1, 0.15) is 0 Å². The van der Waals surface area contributed by atoms with Crippen LogP contribution in [0.25, 0.3) is 11.1 Å².